The average molecular weight is 310 g/mol. The van der Waals surface area contributed by atoms with Crippen molar-refractivity contribution in [2.75, 3.05) is 30.4 Å². The maximum Gasteiger partial charge on any atom is 0.256 e. The standard InChI is InChI=1S/C18H18N2O3/c21-18(14-3-1-5-15-13(14)4-2-8-19-15)20-12-6-7-16-17(11-12)23-10-9-22-16/h1,3,5-7,11,19H,2,4,8-10H2,(H,20,21). The lowest BCUT2D eigenvalue weighted by Crippen LogP contribution is -2.19. The highest BCUT2D eigenvalue weighted by atomic mass is 16.6. The molecule has 0 saturated carbocycles. The number of amides is 1. The average Bonchev–Trinajstić information content (AvgIpc) is 2.61. The van der Waals surface area contributed by atoms with Crippen molar-refractivity contribution in [3.05, 3.63) is 47.5 Å². The molecule has 2 heterocycles. The molecular weight excluding hydrogens is 292 g/mol. The number of ether oxygens (including phenoxy) is 2. The molecule has 2 N–H and O–H groups in total. The van der Waals surface area contributed by atoms with Gasteiger partial charge in [-0.1, -0.05) is 6.07 Å². The molecule has 1 amide bonds. The molecule has 2 aliphatic heterocycles. The first-order chi connectivity index (χ1) is 11.3. The number of rotatable bonds is 2. The van der Waals surface area contributed by atoms with Crippen molar-refractivity contribution in [1.29, 1.82) is 0 Å². The highest BCUT2D eigenvalue weighted by Gasteiger charge is 2.18. The third kappa shape index (κ3) is 2.70. The summed E-state index contributed by atoms with van der Waals surface area (Å²) in [7, 11) is 0. The third-order valence-corrected chi connectivity index (χ3v) is 4.14. The van der Waals surface area contributed by atoms with Gasteiger partial charge in [0.1, 0.15) is 13.2 Å². The van der Waals surface area contributed by atoms with Crippen LogP contribution in [0.1, 0.15) is 22.3 Å². The highest BCUT2D eigenvalue weighted by Crippen LogP contribution is 2.33. The van der Waals surface area contributed by atoms with Crippen LogP contribution in [0, 0.1) is 0 Å². The van der Waals surface area contributed by atoms with Gasteiger partial charge in [0.05, 0.1) is 0 Å². The fraction of sp³-hybridized carbons (Fsp3) is 0.278. The van der Waals surface area contributed by atoms with E-state index in [1.54, 1.807) is 6.07 Å². The predicted molar refractivity (Wildman–Crippen MR) is 88.6 cm³/mol. The van der Waals surface area contributed by atoms with Crippen molar-refractivity contribution in [3.63, 3.8) is 0 Å². The molecule has 0 saturated heterocycles. The van der Waals surface area contributed by atoms with Crippen molar-refractivity contribution < 1.29 is 14.3 Å². The molecule has 2 aromatic carbocycles. The molecule has 0 aliphatic carbocycles. The molecule has 4 rings (SSSR count). The Morgan fingerprint density at radius 3 is 2.87 bits per heavy atom. The summed E-state index contributed by atoms with van der Waals surface area (Å²) in [6.07, 6.45) is 1.97. The number of hydrogen-bond donors (Lipinski definition) is 2. The van der Waals surface area contributed by atoms with Crippen molar-refractivity contribution in [1.82, 2.24) is 0 Å². The monoisotopic (exact) mass is 310 g/mol. The first kappa shape index (κ1) is 13.9. The SMILES string of the molecule is O=C(Nc1ccc2c(c1)OCCO2)c1cccc2c1CCCN2. The molecule has 2 aliphatic rings. The first-order valence-electron chi connectivity index (χ1n) is 7.88. The van der Waals surface area contributed by atoms with Gasteiger partial charge in [-0.15, -0.1) is 0 Å². The summed E-state index contributed by atoms with van der Waals surface area (Å²) in [6.45, 7) is 2.05. The zero-order chi connectivity index (χ0) is 15.6. The van der Waals surface area contributed by atoms with E-state index in [9.17, 15) is 4.79 Å². The summed E-state index contributed by atoms with van der Waals surface area (Å²) in [4.78, 5) is 12.6. The fourth-order valence-corrected chi connectivity index (χ4v) is 3.04. The van der Waals surface area contributed by atoms with E-state index < -0.39 is 0 Å². The molecule has 0 radical (unpaired) electrons. The highest BCUT2D eigenvalue weighted by molar-refractivity contribution is 6.06. The Bertz CT molecular complexity index is 758. The van der Waals surface area contributed by atoms with Crippen LogP contribution in [0.2, 0.25) is 0 Å². The molecule has 0 fully saturated rings. The fourth-order valence-electron chi connectivity index (χ4n) is 3.04. The summed E-state index contributed by atoms with van der Waals surface area (Å²) in [5.74, 6) is 1.29. The van der Waals surface area contributed by atoms with Gasteiger partial charge in [-0.25, -0.2) is 0 Å². The molecule has 2 aromatic rings. The Kier molecular flexibility index (Phi) is 3.54. The summed E-state index contributed by atoms with van der Waals surface area (Å²) < 4.78 is 11.1. The van der Waals surface area contributed by atoms with Crippen LogP contribution in [0.3, 0.4) is 0 Å². The van der Waals surface area contributed by atoms with Gasteiger partial charge >= 0.3 is 0 Å². The van der Waals surface area contributed by atoms with Crippen molar-refractivity contribution in [2.24, 2.45) is 0 Å². The van der Waals surface area contributed by atoms with Crippen LogP contribution < -0.4 is 20.1 Å². The van der Waals surface area contributed by atoms with Crippen LogP contribution in [0.25, 0.3) is 0 Å². The molecule has 5 nitrogen and oxygen atoms in total. The molecule has 5 heteroatoms. The van der Waals surface area contributed by atoms with E-state index in [0.717, 1.165) is 42.0 Å². The Morgan fingerprint density at radius 1 is 1.09 bits per heavy atom. The van der Waals surface area contributed by atoms with Crippen molar-refractivity contribution in [2.45, 2.75) is 12.8 Å². The number of nitrogens with one attached hydrogen (secondary N) is 2. The summed E-state index contributed by atoms with van der Waals surface area (Å²) >= 11 is 0. The molecule has 0 bridgehead atoms. The van der Waals surface area contributed by atoms with Gasteiger partial charge in [-0.2, -0.15) is 0 Å². The smallest absolute Gasteiger partial charge is 0.256 e. The third-order valence-electron chi connectivity index (χ3n) is 4.14. The largest absolute Gasteiger partial charge is 0.486 e. The topological polar surface area (TPSA) is 59.6 Å². The van der Waals surface area contributed by atoms with Crippen molar-refractivity contribution in [3.8, 4) is 11.5 Å². The van der Waals surface area contributed by atoms with E-state index in [4.69, 9.17) is 9.47 Å². The van der Waals surface area contributed by atoms with Crippen LogP contribution in [-0.4, -0.2) is 25.7 Å². The second kappa shape index (κ2) is 5.83. The lowest BCUT2D eigenvalue weighted by Gasteiger charge is -2.21. The van der Waals surface area contributed by atoms with E-state index in [0.29, 0.717) is 24.7 Å². The lowest BCUT2D eigenvalue weighted by molar-refractivity contribution is 0.102. The molecule has 0 spiro atoms. The first-order valence-corrected chi connectivity index (χ1v) is 7.88. The quantitative estimate of drug-likeness (QED) is 0.895. The normalized spacial score (nSPS) is 15.3. The van der Waals surface area contributed by atoms with E-state index in [1.165, 1.54) is 0 Å². The van der Waals surface area contributed by atoms with Crippen LogP contribution in [0.15, 0.2) is 36.4 Å². The molecule has 0 aromatic heterocycles. The minimum Gasteiger partial charge on any atom is -0.486 e. The number of anilines is 2. The number of hydrogen-bond acceptors (Lipinski definition) is 4. The number of carbonyl (C=O) groups excluding carboxylic acids is 1. The maximum absolute atomic E-state index is 12.6. The summed E-state index contributed by atoms with van der Waals surface area (Å²) in [5.41, 5.74) is 3.59. The summed E-state index contributed by atoms with van der Waals surface area (Å²) in [5, 5.41) is 6.30. The van der Waals surface area contributed by atoms with Crippen LogP contribution in [0.4, 0.5) is 11.4 Å². The molecule has 23 heavy (non-hydrogen) atoms. The van der Waals surface area contributed by atoms with E-state index in [2.05, 4.69) is 10.6 Å². The minimum absolute atomic E-state index is 0.0952. The van der Waals surface area contributed by atoms with Crippen molar-refractivity contribution >= 4 is 17.3 Å². The second-order valence-corrected chi connectivity index (χ2v) is 5.67. The van der Waals surface area contributed by atoms with E-state index >= 15 is 0 Å². The van der Waals surface area contributed by atoms with Gasteiger partial charge in [0.25, 0.3) is 5.91 Å². The van der Waals surface area contributed by atoms with E-state index in [-0.39, 0.29) is 5.91 Å². The molecule has 0 atom stereocenters. The van der Waals surface area contributed by atoms with Crippen LogP contribution in [0.5, 0.6) is 11.5 Å². The Balaban J connectivity index is 1.59. The number of benzene rings is 2. The lowest BCUT2D eigenvalue weighted by atomic mass is 9.97. The zero-order valence-corrected chi connectivity index (χ0v) is 12.7. The van der Waals surface area contributed by atoms with Crippen LogP contribution >= 0.6 is 0 Å². The molecule has 118 valence electrons. The van der Waals surface area contributed by atoms with E-state index in [1.807, 2.05) is 30.3 Å². The van der Waals surface area contributed by atoms with Gasteiger partial charge in [-0.05, 0) is 42.7 Å². The number of carbonyl (C=O) groups is 1. The summed E-state index contributed by atoms with van der Waals surface area (Å²) in [6, 6.07) is 11.3. The maximum atomic E-state index is 12.6. The Labute approximate surface area is 134 Å². The number of fused-ring (bicyclic) bond motifs is 2. The van der Waals surface area contributed by atoms with Gasteiger partial charge < -0.3 is 20.1 Å². The Morgan fingerprint density at radius 2 is 1.96 bits per heavy atom. The second-order valence-electron chi connectivity index (χ2n) is 5.67. The Hall–Kier alpha value is -2.69. The predicted octanol–water partition coefficient (Wildman–Crippen LogP) is 3.07. The van der Waals surface area contributed by atoms with Crippen LogP contribution in [-0.2, 0) is 6.42 Å². The van der Waals surface area contributed by atoms with Gasteiger partial charge in [0.15, 0.2) is 11.5 Å². The molecular formula is C18H18N2O3. The minimum atomic E-state index is -0.0952. The zero-order valence-electron chi connectivity index (χ0n) is 12.7. The van der Waals surface area contributed by atoms with Gasteiger partial charge in [0.2, 0.25) is 0 Å². The van der Waals surface area contributed by atoms with Gasteiger partial charge in [-0.3, -0.25) is 4.79 Å². The van der Waals surface area contributed by atoms with Gasteiger partial charge in [0, 0.05) is 29.5 Å². The molecule has 0 unspecified atom stereocenters.